The highest BCUT2D eigenvalue weighted by Crippen LogP contribution is 2.05. The first-order valence-corrected chi connectivity index (χ1v) is 5.42. The number of rotatable bonds is 7. The number of carbonyl (C=O) groups is 1. The smallest absolute Gasteiger partial charge is 0.235 e. The average molecular weight is 190 g/mol. The number of likely N-dealkylation sites (N-methyl/N-ethyl adjacent to an activating group) is 1. The third kappa shape index (κ3) is 5.43. The molecule has 0 aliphatic heterocycles. The first-order chi connectivity index (χ1) is 5.72. The molecule has 0 aliphatic rings. The van der Waals surface area contributed by atoms with E-state index in [4.69, 9.17) is 5.73 Å². The van der Waals surface area contributed by atoms with Gasteiger partial charge in [-0.25, -0.2) is 0 Å². The molecule has 0 fully saturated rings. The van der Waals surface area contributed by atoms with Crippen LogP contribution >= 0.6 is 11.8 Å². The molecule has 0 heterocycles. The maximum Gasteiger partial charge on any atom is 0.235 e. The molecule has 0 aromatic carbocycles. The Labute approximate surface area is 78.5 Å². The van der Waals surface area contributed by atoms with Crippen LogP contribution in [0.4, 0.5) is 0 Å². The van der Waals surface area contributed by atoms with Gasteiger partial charge in [-0.05, 0) is 19.2 Å². The van der Waals surface area contributed by atoms with E-state index in [1.807, 2.05) is 0 Å². The van der Waals surface area contributed by atoms with E-state index in [2.05, 4.69) is 12.2 Å². The van der Waals surface area contributed by atoms with Crippen LogP contribution < -0.4 is 11.1 Å². The lowest BCUT2D eigenvalue weighted by molar-refractivity contribution is -0.119. The molecular formula is C8H18N2OS. The molecule has 1 amide bonds. The number of hydrogen-bond donors (Lipinski definition) is 2. The zero-order valence-electron chi connectivity index (χ0n) is 7.80. The van der Waals surface area contributed by atoms with Crippen molar-refractivity contribution in [1.82, 2.24) is 5.32 Å². The minimum absolute atomic E-state index is 0.174. The van der Waals surface area contributed by atoms with Gasteiger partial charge >= 0.3 is 0 Å². The molecule has 0 bridgehead atoms. The van der Waals surface area contributed by atoms with Crippen molar-refractivity contribution in [1.29, 1.82) is 0 Å². The number of carbonyl (C=O) groups excluding carboxylic acids is 1. The molecule has 0 saturated heterocycles. The Bertz CT molecular complexity index is 130. The van der Waals surface area contributed by atoms with E-state index < -0.39 is 0 Å². The van der Waals surface area contributed by atoms with E-state index in [-0.39, 0.29) is 11.9 Å². The van der Waals surface area contributed by atoms with Crippen LogP contribution in [-0.4, -0.2) is 30.5 Å². The van der Waals surface area contributed by atoms with Gasteiger partial charge in [-0.2, -0.15) is 11.8 Å². The summed E-state index contributed by atoms with van der Waals surface area (Å²) in [5, 5.41) is 2.88. The molecule has 0 aliphatic carbocycles. The van der Waals surface area contributed by atoms with Gasteiger partial charge in [0.25, 0.3) is 0 Å². The number of nitrogens with two attached hydrogens (primary N) is 1. The van der Waals surface area contributed by atoms with Gasteiger partial charge in [-0.15, -0.1) is 0 Å². The Hall–Kier alpha value is -0.220. The van der Waals surface area contributed by atoms with Gasteiger partial charge in [-0.3, -0.25) is 4.79 Å². The molecular weight excluding hydrogens is 172 g/mol. The van der Waals surface area contributed by atoms with Crippen LogP contribution in [0.2, 0.25) is 0 Å². The standard InChI is InChI=1S/C8H18N2OS/c1-3-4-5-12-6-7(10-2)8(9)11/h7,10H,3-6H2,1-2H3,(H2,9,11). The van der Waals surface area contributed by atoms with Crippen LogP contribution in [-0.2, 0) is 4.79 Å². The van der Waals surface area contributed by atoms with Gasteiger partial charge in [-0.1, -0.05) is 13.3 Å². The maximum absolute atomic E-state index is 10.7. The highest BCUT2D eigenvalue weighted by molar-refractivity contribution is 7.99. The van der Waals surface area contributed by atoms with E-state index >= 15 is 0 Å². The van der Waals surface area contributed by atoms with E-state index in [1.165, 1.54) is 12.8 Å². The highest BCUT2D eigenvalue weighted by atomic mass is 32.2. The summed E-state index contributed by atoms with van der Waals surface area (Å²) in [7, 11) is 1.76. The van der Waals surface area contributed by atoms with Gasteiger partial charge < -0.3 is 11.1 Å². The molecule has 0 rings (SSSR count). The van der Waals surface area contributed by atoms with Crippen molar-refractivity contribution in [2.75, 3.05) is 18.6 Å². The maximum atomic E-state index is 10.7. The summed E-state index contributed by atoms with van der Waals surface area (Å²) in [6.07, 6.45) is 2.41. The number of hydrogen-bond acceptors (Lipinski definition) is 3. The van der Waals surface area contributed by atoms with E-state index in [9.17, 15) is 4.79 Å². The second kappa shape index (κ2) is 7.43. The van der Waals surface area contributed by atoms with Gasteiger partial charge in [0.1, 0.15) is 0 Å². The minimum atomic E-state index is -0.263. The SMILES string of the molecule is CCCCSCC(NC)C(N)=O. The van der Waals surface area contributed by atoms with E-state index in [1.54, 1.807) is 18.8 Å². The molecule has 0 saturated carbocycles. The Kier molecular flexibility index (Phi) is 7.29. The average Bonchev–Trinajstić information content (AvgIpc) is 2.04. The lowest BCUT2D eigenvalue weighted by atomic mass is 10.3. The molecule has 3 N–H and O–H groups in total. The minimum Gasteiger partial charge on any atom is -0.368 e. The number of amides is 1. The second-order valence-corrected chi connectivity index (χ2v) is 3.82. The zero-order chi connectivity index (χ0) is 9.40. The summed E-state index contributed by atoms with van der Waals surface area (Å²) in [6, 6.07) is -0.174. The van der Waals surface area contributed by atoms with Crippen molar-refractivity contribution < 1.29 is 4.79 Å². The summed E-state index contributed by atoms with van der Waals surface area (Å²) in [6.45, 7) is 2.16. The van der Waals surface area contributed by atoms with Crippen molar-refractivity contribution >= 4 is 17.7 Å². The lowest BCUT2D eigenvalue weighted by Gasteiger charge is -2.10. The molecule has 0 radical (unpaired) electrons. The van der Waals surface area contributed by atoms with Crippen LogP contribution in [0.1, 0.15) is 19.8 Å². The summed E-state index contributed by atoms with van der Waals surface area (Å²) in [4.78, 5) is 10.7. The Morgan fingerprint density at radius 3 is 2.75 bits per heavy atom. The summed E-state index contributed by atoms with van der Waals surface area (Å²) >= 11 is 1.78. The third-order valence-electron chi connectivity index (χ3n) is 1.62. The molecule has 0 aromatic heterocycles. The second-order valence-electron chi connectivity index (χ2n) is 2.67. The van der Waals surface area contributed by atoms with Crippen molar-refractivity contribution in [3.05, 3.63) is 0 Å². The molecule has 1 unspecified atom stereocenters. The third-order valence-corrected chi connectivity index (χ3v) is 2.77. The molecule has 0 aromatic rings. The Balaban J connectivity index is 3.38. The summed E-state index contributed by atoms with van der Waals surface area (Å²) in [5.74, 6) is 1.63. The number of nitrogens with one attached hydrogen (secondary N) is 1. The number of unbranched alkanes of at least 4 members (excludes halogenated alkanes) is 1. The first kappa shape index (κ1) is 11.8. The predicted molar refractivity (Wildman–Crippen MR) is 54.3 cm³/mol. The topological polar surface area (TPSA) is 55.1 Å². The molecule has 12 heavy (non-hydrogen) atoms. The fraction of sp³-hybridized carbons (Fsp3) is 0.875. The van der Waals surface area contributed by atoms with Crippen LogP contribution in [0.3, 0.4) is 0 Å². The molecule has 1 atom stereocenters. The summed E-state index contributed by atoms with van der Waals surface area (Å²) < 4.78 is 0. The van der Waals surface area contributed by atoms with Gasteiger partial charge in [0.05, 0.1) is 6.04 Å². The molecule has 3 nitrogen and oxygen atoms in total. The van der Waals surface area contributed by atoms with Gasteiger partial charge in [0, 0.05) is 5.75 Å². The molecule has 4 heteroatoms. The van der Waals surface area contributed by atoms with Crippen molar-refractivity contribution in [2.45, 2.75) is 25.8 Å². The predicted octanol–water partition coefficient (Wildman–Crippen LogP) is 0.593. The Morgan fingerprint density at radius 2 is 2.33 bits per heavy atom. The number of primary amides is 1. The fourth-order valence-electron chi connectivity index (χ4n) is 0.755. The lowest BCUT2D eigenvalue weighted by Crippen LogP contribution is -2.41. The van der Waals surface area contributed by atoms with Gasteiger partial charge in [0.2, 0.25) is 5.91 Å². The first-order valence-electron chi connectivity index (χ1n) is 4.26. The van der Waals surface area contributed by atoms with Crippen LogP contribution in [0.15, 0.2) is 0 Å². The monoisotopic (exact) mass is 190 g/mol. The number of thioether (sulfide) groups is 1. The van der Waals surface area contributed by atoms with Crippen LogP contribution in [0.5, 0.6) is 0 Å². The van der Waals surface area contributed by atoms with E-state index in [0.29, 0.717) is 0 Å². The molecule has 0 spiro atoms. The summed E-state index contributed by atoms with van der Waals surface area (Å²) in [5.41, 5.74) is 5.15. The van der Waals surface area contributed by atoms with Crippen molar-refractivity contribution in [3.63, 3.8) is 0 Å². The molecule has 72 valence electrons. The van der Waals surface area contributed by atoms with E-state index in [0.717, 1.165) is 11.5 Å². The van der Waals surface area contributed by atoms with Crippen molar-refractivity contribution in [2.24, 2.45) is 5.73 Å². The van der Waals surface area contributed by atoms with Crippen LogP contribution in [0, 0.1) is 0 Å². The van der Waals surface area contributed by atoms with Crippen LogP contribution in [0.25, 0.3) is 0 Å². The quantitative estimate of drug-likeness (QED) is 0.578. The normalized spacial score (nSPS) is 12.8. The van der Waals surface area contributed by atoms with Gasteiger partial charge in [0.15, 0.2) is 0 Å². The van der Waals surface area contributed by atoms with Crippen molar-refractivity contribution in [3.8, 4) is 0 Å². The fourth-order valence-corrected chi connectivity index (χ4v) is 1.98. The zero-order valence-corrected chi connectivity index (χ0v) is 8.62. The highest BCUT2D eigenvalue weighted by Gasteiger charge is 2.11. The largest absolute Gasteiger partial charge is 0.368 e. The Morgan fingerprint density at radius 1 is 1.67 bits per heavy atom.